The Bertz CT molecular complexity index is 1300. The molecular weight excluding hydrogens is 496 g/mol. The molecule has 194 valence electrons. The Kier molecular flexibility index (Phi) is 6.84. The van der Waals surface area contributed by atoms with Gasteiger partial charge in [-0.15, -0.1) is 11.3 Å². The topological polar surface area (TPSA) is 110 Å². The molecule has 2 aromatic rings. The number of nitrogens with zero attached hydrogens (tertiary/aromatic N) is 2. The Morgan fingerprint density at radius 1 is 1.22 bits per heavy atom. The molecule has 0 saturated heterocycles. The normalized spacial score (nSPS) is 22.6. The first kappa shape index (κ1) is 25.2. The number of hydrogen-bond acceptors (Lipinski definition) is 6. The molecule has 0 spiro atoms. The quantitative estimate of drug-likeness (QED) is 0.334. The highest BCUT2D eigenvalue weighted by Crippen LogP contribution is 2.47. The molecule has 2 aliphatic carbocycles. The number of nitrogens with one attached hydrogen (secondary N) is 2. The molecule has 0 radical (unpaired) electrons. The number of aromatic nitrogens is 2. The fourth-order valence-corrected chi connectivity index (χ4v) is 7.29. The van der Waals surface area contributed by atoms with E-state index in [1.54, 1.807) is 17.5 Å². The van der Waals surface area contributed by atoms with Crippen molar-refractivity contribution in [1.29, 1.82) is 0 Å². The van der Waals surface area contributed by atoms with Gasteiger partial charge in [-0.05, 0) is 62.7 Å². The van der Waals surface area contributed by atoms with E-state index >= 15 is 0 Å². The summed E-state index contributed by atoms with van der Waals surface area (Å²) in [5.74, 6) is -0.852. The second-order valence-corrected chi connectivity index (χ2v) is 13.6. The lowest BCUT2D eigenvalue weighted by atomic mass is 9.81. The highest BCUT2D eigenvalue weighted by Gasteiger charge is 2.43. The van der Waals surface area contributed by atoms with Gasteiger partial charge in [0.15, 0.2) is 0 Å². The summed E-state index contributed by atoms with van der Waals surface area (Å²) in [5, 5.41) is 6.97. The zero-order chi connectivity index (χ0) is 25.5. The fraction of sp³-hybridized carbons (Fsp3) is 0.577. The molecule has 3 aliphatic rings. The highest BCUT2D eigenvalue weighted by molar-refractivity contribution is 7.91. The van der Waals surface area contributed by atoms with Crippen molar-refractivity contribution in [3.63, 3.8) is 0 Å². The van der Waals surface area contributed by atoms with Gasteiger partial charge in [-0.2, -0.15) is 5.10 Å². The largest absolute Gasteiger partial charge is 0.342 e. The smallest absolute Gasteiger partial charge is 0.270 e. The number of hydrogen-bond donors (Lipinski definition) is 2. The zero-order valence-electron chi connectivity index (χ0n) is 20.9. The molecule has 36 heavy (non-hydrogen) atoms. The van der Waals surface area contributed by atoms with Crippen LogP contribution in [0.3, 0.4) is 0 Å². The van der Waals surface area contributed by atoms with Crippen molar-refractivity contribution < 1.29 is 18.0 Å². The minimum Gasteiger partial charge on any atom is -0.342 e. The molecular formula is C26H34N4O4S2. The second kappa shape index (κ2) is 9.78. The van der Waals surface area contributed by atoms with E-state index in [-0.39, 0.29) is 5.57 Å². The van der Waals surface area contributed by atoms with E-state index < -0.39 is 32.6 Å². The Morgan fingerprint density at radius 2 is 2.00 bits per heavy atom. The number of rotatable bonds is 11. The van der Waals surface area contributed by atoms with Gasteiger partial charge in [0.2, 0.25) is 10.0 Å². The summed E-state index contributed by atoms with van der Waals surface area (Å²) >= 11 is 1.60. The standard InChI is InChI=1S/C26H34N4O4S2/c1-3-4-5-6-13-30-16-18(15-27-30)26(2)14-20(22-12-11-21(35-22)17-7-8-17)23(24(31)28-26)25(32)29-36(33,34)19-9-10-19/h11-12,15-17,19H,3-10,13-14H2,1-2H3,(H,28,31)(H,29,32). The monoisotopic (exact) mass is 530 g/mol. The molecule has 0 aromatic carbocycles. The summed E-state index contributed by atoms with van der Waals surface area (Å²) in [7, 11) is -3.78. The number of thiophene rings is 1. The number of carbonyl (C=O) groups excluding carboxylic acids is 2. The first-order chi connectivity index (χ1) is 17.2. The number of unbranched alkanes of at least 4 members (excludes halogenated alkanes) is 3. The van der Waals surface area contributed by atoms with Crippen molar-refractivity contribution in [2.24, 2.45) is 0 Å². The Hall–Kier alpha value is -2.46. The van der Waals surface area contributed by atoms with Crippen LogP contribution in [0.25, 0.3) is 5.57 Å². The summed E-state index contributed by atoms with van der Waals surface area (Å²) in [5.41, 5.74) is 0.592. The van der Waals surface area contributed by atoms with Crippen LogP contribution >= 0.6 is 11.3 Å². The van der Waals surface area contributed by atoms with Crippen molar-refractivity contribution in [1.82, 2.24) is 19.8 Å². The minimum atomic E-state index is -3.78. The molecule has 1 atom stereocenters. The average molecular weight is 531 g/mol. The zero-order valence-corrected chi connectivity index (χ0v) is 22.5. The van der Waals surface area contributed by atoms with Gasteiger partial charge in [0.25, 0.3) is 11.8 Å². The van der Waals surface area contributed by atoms with Crippen molar-refractivity contribution in [3.05, 3.63) is 45.4 Å². The van der Waals surface area contributed by atoms with Gasteiger partial charge in [0.1, 0.15) is 5.57 Å². The van der Waals surface area contributed by atoms with Crippen LogP contribution in [0.2, 0.25) is 0 Å². The number of sulfonamides is 1. The van der Waals surface area contributed by atoms with Gasteiger partial charge in [0, 0.05) is 34.5 Å². The van der Waals surface area contributed by atoms with E-state index in [2.05, 4.69) is 28.1 Å². The number of carbonyl (C=O) groups is 2. The van der Waals surface area contributed by atoms with Crippen molar-refractivity contribution in [3.8, 4) is 0 Å². The van der Waals surface area contributed by atoms with E-state index in [4.69, 9.17) is 0 Å². The number of amides is 2. The van der Waals surface area contributed by atoms with Crippen LogP contribution in [-0.4, -0.2) is 35.3 Å². The third kappa shape index (κ3) is 5.29. The van der Waals surface area contributed by atoms with E-state index in [0.29, 0.717) is 30.8 Å². The molecule has 8 nitrogen and oxygen atoms in total. The van der Waals surface area contributed by atoms with Gasteiger partial charge in [0.05, 0.1) is 17.0 Å². The van der Waals surface area contributed by atoms with Crippen molar-refractivity contribution in [2.45, 2.75) is 94.9 Å². The maximum absolute atomic E-state index is 13.4. The number of aryl methyl sites for hydroxylation is 1. The Labute approximate surface area is 216 Å². The lowest BCUT2D eigenvalue weighted by Crippen LogP contribution is -2.50. The van der Waals surface area contributed by atoms with E-state index in [0.717, 1.165) is 42.7 Å². The first-order valence-corrected chi connectivity index (χ1v) is 15.3. The SMILES string of the molecule is CCCCCCn1cc(C2(C)CC(c3ccc(C4CC4)s3)=C(C(=O)NS(=O)(=O)C3CC3)C(=O)N2)cn1. The Morgan fingerprint density at radius 3 is 2.69 bits per heavy atom. The van der Waals surface area contributed by atoms with E-state index in [9.17, 15) is 18.0 Å². The van der Waals surface area contributed by atoms with Gasteiger partial charge < -0.3 is 5.32 Å². The third-order valence-corrected chi connectivity index (χ3v) is 10.4. The van der Waals surface area contributed by atoms with Crippen LogP contribution in [0.15, 0.2) is 30.1 Å². The minimum absolute atomic E-state index is 0.104. The predicted octanol–water partition coefficient (Wildman–Crippen LogP) is 4.20. The molecule has 2 amide bonds. The summed E-state index contributed by atoms with van der Waals surface area (Å²) in [6, 6.07) is 4.03. The molecule has 1 aliphatic heterocycles. The molecule has 1 unspecified atom stereocenters. The summed E-state index contributed by atoms with van der Waals surface area (Å²) in [6.45, 7) is 4.93. The van der Waals surface area contributed by atoms with Gasteiger partial charge in [-0.1, -0.05) is 26.2 Å². The van der Waals surface area contributed by atoms with Crippen molar-refractivity contribution in [2.75, 3.05) is 0 Å². The maximum Gasteiger partial charge on any atom is 0.270 e. The molecule has 10 heteroatoms. The summed E-state index contributed by atoms with van der Waals surface area (Å²) < 4.78 is 29.0. The third-order valence-electron chi connectivity index (χ3n) is 7.29. The maximum atomic E-state index is 13.4. The lowest BCUT2D eigenvalue weighted by Gasteiger charge is -2.36. The summed E-state index contributed by atoms with van der Waals surface area (Å²) in [6.07, 6.45) is 12.1. The van der Waals surface area contributed by atoms with Gasteiger partial charge >= 0.3 is 0 Å². The lowest BCUT2D eigenvalue weighted by molar-refractivity contribution is -0.124. The molecule has 2 fully saturated rings. The van der Waals surface area contributed by atoms with E-state index in [1.165, 1.54) is 17.7 Å². The fourth-order valence-electron chi connectivity index (χ4n) is 4.78. The average Bonchev–Trinajstić information content (AvgIpc) is 3.75. The van der Waals surface area contributed by atoms with Crippen LogP contribution in [0.5, 0.6) is 0 Å². The Balaban J connectivity index is 1.45. The van der Waals surface area contributed by atoms with Crippen LogP contribution in [-0.2, 0) is 31.7 Å². The first-order valence-electron chi connectivity index (χ1n) is 12.9. The molecule has 0 bridgehead atoms. The van der Waals surface area contributed by atoms with Crippen molar-refractivity contribution >= 4 is 38.7 Å². The van der Waals surface area contributed by atoms with Gasteiger partial charge in [-0.3, -0.25) is 14.3 Å². The molecule has 3 heterocycles. The van der Waals surface area contributed by atoms with Gasteiger partial charge in [-0.25, -0.2) is 13.1 Å². The van der Waals surface area contributed by atoms with Crippen LogP contribution in [0.4, 0.5) is 0 Å². The highest BCUT2D eigenvalue weighted by atomic mass is 32.2. The van der Waals surface area contributed by atoms with Crippen LogP contribution in [0.1, 0.15) is 92.9 Å². The second-order valence-electron chi connectivity index (χ2n) is 10.5. The summed E-state index contributed by atoms with van der Waals surface area (Å²) in [4.78, 5) is 28.7. The molecule has 2 N–H and O–H groups in total. The van der Waals surface area contributed by atoms with E-state index in [1.807, 2.05) is 23.9 Å². The molecule has 2 aromatic heterocycles. The molecule has 2 saturated carbocycles. The van der Waals surface area contributed by atoms with Crippen LogP contribution in [0, 0.1) is 0 Å². The predicted molar refractivity (Wildman–Crippen MR) is 140 cm³/mol. The van der Waals surface area contributed by atoms with Crippen LogP contribution < -0.4 is 10.0 Å². The molecule has 5 rings (SSSR count).